The third kappa shape index (κ3) is 3.29. The molecule has 0 saturated heterocycles. The molecule has 0 heterocycles. The SMILES string of the molecule is COc1cc(CO)ccc1Oc1ccc(C(=N)N)cc1F. The number of nitrogens with one attached hydrogen (secondary N) is 1. The molecule has 110 valence electrons. The molecule has 0 atom stereocenters. The summed E-state index contributed by atoms with van der Waals surface area (Å²) in [5.74, 6) is -0.142. The first-order valence-corrected chi connectivity index (χ1v) is 6.14. The van der Waals surface area contributed by atoms with Crippen LogP contribution in [0.15, 0.2) is 36.4 Å². The van der Waals surface area contributed by atoms with Crippen LogP contribution in [0.2, 0.25) is 0 Å². The van der Waals surface area contributed by atoms with Crippen molar-refractivity contribution in [3.05, 3.63) is 53.3 Å². The Kier molecular flexibility index (Phi) is 4.39. The van der Waals surface area contributed by atoms with Crippen LogP contribution >= 0.6 is 0 Å². The summed E-state index contributed by atoms with van der Waals surface area (Å²) in [4.78, 5) is 0. The Balaban J connectivity index is 2.32. The van der Waals surface area contributed by atoms with Gasteiger partial charge in [0, 0.05) is 5.56 Å². The monoisotopic (exact) mass is 290 g/mol. The van der Waals surface area contributed by atoms with Crippen LogP contribution in [0.3, 0.4) is 0 Å². The second-order valence-corrected chi connectivity index (χ2v) is 4.30. The normalized spacial score (nSPS) is 10.2. The lowest BCUT2D eigenvalue weighted by atomic mass is 10.2. The topological polar surface area (TPSA) is 88.6 Å². The first kappa shape index (κ1) is 14.8. The molecule has 5 nitrogen and oxygen atoms in total. The maximum absolute atomic E-state index is 13.9. The van der Waals surface area contributed by atoms with Crippen molar-refractivity contribution in [1.82, 2.24) is 0 Å². The predicted molar refractivity (Wildman–Crippen MR) is 76.4 cm³/mol. The molecular weight excluding hydrogens is 275 g/mol. The van der Waals surface area contributed by atoms with Gasteiger partial charge in [0.2, 0.25) is 0 Å². The van der Waals surface area contributed by atoms with E-state index in [1.54, 1.807) is 18.2 Å². The molecule has 2 aromatic rings. The Labute approximate surface area is 121 Å². The van der Waals surface area contributed by atoms with Crippen LogP contribution in [-0.2, 0) is 6.61 Å². The Morgan fingerprint density at radius 1 is 1.19 bits per heavy atom. The van der Waals surface area contributed by atoms with E-state index in [9.17, 15) is 4.39 Å². The number of aliphatic hydroxyl groups excluding tert-OH is 1. The Morgan fingerprint density at radius 3 is 2.48 bits per heavy atom. The van der Waals surface area contributed by atoms with Gasteiger partial charge in [0.25, 0.3) is 0 Å². The summed E-state index contributed by atoms with van der Waals surface area (Å²) >= 11 is 0. The molecule has 2 aromatic carbocycles. The first-order chi connectivity index (χ1) is 10.0. The molecule has 21 heavy (non-hydrogen) atoms. The van der Waals surface area contributed by atoms with E-state index in [4.69, 9.17) is 25.7 Å². The van der Waals surface area contributed by atoms with Crippen LogP contribution in [-0.4, -0.2) is 18.1 Å². The van der Waals surface area contributed by atoms with Crippen LogP contribution in [0.4, 0.5) is 4.39 Å². The van der Waals surface area contributed by atoms with Crippen LogP contribution in [0.1, 0.15) is 11.1 Å². The zero-order chi connectivity index (χ0) is 15.4. The van der Waals surface area contributed by atoms with Gasteiger partial charge >= 0.3 is 0 Å². The number of halogens is 1. The highest BCUT2D eigenvalue weighted by Crippen LogP contribution is 2.33. The molecule has 0 radical (unpaired) electrons. The molecule has 0 aromatic heterocycles. The van der Waals surface area contributed by atoms with E-state index in [1.165, 1.54) is 19.2 Å². The first-order valence-electron chi connectivity index (χ1n) is 6.14. The summed E-state index contributed by atoms with van der Waals surface area (Å²) in [5.41, 5.74) is 6.23. The number of amidine groups is 1. The van der Waals surface area contributed by atoms with Crippen LogP contribution in [0.25, 0.3) is 0 Å². The quantitative estimate of drug-likeness (QED) is 0.583. The number of benzene rings is 2. The zero-order valence-corrected chi connectivity index (χ0v) is 11.4. The zero-order valence-electron chi connectivity index (χ0n) is 11.4. The number of hydrogen-bond acceptors (Lipinski definition) is 4. The summed E-state index contributed by atoms with van der Waals surface area (Å²) in [6.07, 6.45) is 0. The lowest BCUT2D eigenvalue weighted by Gasteiger charge is -2.12. The minimum atomic E-state index is -0.629. The van der Waals surface area contributed by atoms with Gasteiger partial charge in [0.15, 0.2) is 23.1 Å². The third-order valence-electron chi connectivity index (χ3n) is 2.87. The number of nitrogens with two attached hydrogens (primary N) is 1. The summed E-state index contributed by atoms with van der Waals surface area (Å²) in [6, 6.07) is 8.87. The number of rotatable bonds is 5. The number of hydrogen-bond donors (Lipinski definition) is 3. The van der Waals surface area contributed by atoms with Gasteiger partial charge in [-0.05, 0) is 35.9 Å². The minimum Gasteiger partial charge on any atom is -0.493 e. The van der Waals surface area contributed by atoms with Gasteiger partial charge in [-0.15, -0.1) is 0 Å². The highest BCUT2D eigenvalue weighted by atomic mass is 19.1. The molecule has 0 aliphatic carbocycles. The maximum Gasteiger partial charge on any atom is 0.169 e. The molecule has 0 amide bonds. The Bertz CT molecular complexity index is 674. The molecule has 0 unspecified atom stereocenters. The molecule has 0 aliphatic rings. The number of aliphatic hydroxyl groups is 1. The molecule has 0 saturated carbocycles. The van der Waals surface area contributed by atoms with Crippen molar-refractivity contribution in [2.45, 2.75) is 6.61 Å². The smallest absolute Gasteiger partial charge is 0.169 e. The standard InChI is InChI=1S/C15H15FN2O3/c1-20-14-6-9(8-19)2-4-13(14)21-12-5-3-10(15(17)18)7-11(12)16/h2-7,19H,8H2,1H3,(H3,17,18). The maximum atomic E-state index is 13.9. The van der Waals surface area contributed by atoms with Crippen molar-refractivity contribution in [3.8, 4) is 17.2 Å². The molecule has 0 fully saturated rings. The van der Waals surface area contributed by atoms with Crippen molar-refractivity contribution in [1.29, 1.82) is 5.41 Å². The van der Waals surface area contributed by atoms with Crippen molar-refractivity contribution in [3.63, 3.8) is 0 Å². The molecule has 4 N–H and O–H groups in total. The fraction of sp³-hybridized carbons (Fsp3) is 0.133. The highest BCUT2D eigenvalue weighted by Gasteiger charge is 2.11. The Morgan fingerprint density at radius 2 is 1.90 bits per heavy atom. The van der Waals surface area contributed by atoms with Gasteiger partial charge in [-0.25, -0.2) is 4.39 Å². The second kappa shape index (κ2) is 6.23. The van der Waals surface area contributed by atoms with Gasteiger partial charge in [-0.2, -0.15) is 0 Å². The van der Waals surface area contributed by atoms with E-state index < -0.39 is 5.82 Å². The number of ether oxygens (including phenoxy) is 2. The molecular formula is C15H15FN2O3. The lowest BCUT2D eigenvalue weighted by Crippen LogP contribution is -2.11. The summed E-state index contributed by atoms with van der Waals surface area (Å²) in [7, 11) is 1.46. The van der Waals surface area contributed by atoms with Gasteiger partial charge in [0.1, 0.15) is 5.84 Å². The fourth-order valence-corrected chi connectivity index (χ4v) is 1.76. The Hall–Kier alpha value is -2.60. The number of methoxy groups -OCH3 is 1. The van der Waals surface area contributed by atoms with E-state index in [2.05, 4.69) is 0 Å². The minimum absolute atomic E-state index is 0.00458. The largest absolute Gasteiger partial charge is 0.493 e. The van der Waals surface area contributed by atoms with E-state index >= 15 is 0 Å². The fourth-order valence-electron chi connectivity index (χ4n) is 1.76. The van der Waals surface area contributed by atoms with Crippen molar-refractivity contribution in [2.24, 2.45) is 5.73 Å². The summed E-state index contributed by atoms with van der Waals surface area (Å²) in [6.45, 7) is -0.127. The van der Waals surface area contributed by atoms with Gasteiger partial charge in [-0.1, -0.05) is 6.07 Å². The molecule has 0 bridgehead atoms. The van der Waals surface area contributed by atoms with Crippen molar-refractivity contribution < 1.29 is 19.0 Å². The average molecular weight is 290 g/mol. The van der Waals surface area contributed by atoms with Crippen molar-refractivity contribution in [2.75, 3.05) is 7.11 Å². The molecule has 0 aliphatic heterocycles. The van der Waals surface area contributed by atoms with E-state index in [0.29, 0.717) is 17.1 Å². The summed E-state index contributed by atoms with van der Waals surface area (Å²) in [5, 5.41) is 16.3. The number of nitrogen functional groups attached to an aromatic ring is 1. The second-order valence-electron chi connectivity index (χ2n) is 4.30. The van der Waals surface area contributed by atoms with E-state index in [-0.39, 0.29) is 23.8 Å². The van der Waals surface area contributed by atoms with Crippen molar-refractivity contribution >= 4 is 5.84 Å². The molecule has 6 heteroatoms. The van der Waals surface area contributed by atoms with Gasteiger partial charge < -0.3 is 20.3 Å². The van der Waals surface area contributed by atoms with Crippen LogP contribution in [0.5, 0.6) is 17.2 Å². The summed E-state index contributed by atoms with van der Waals surface area (Å²) < 4.78 is 24.5. The average Bonchev–Trinajstić information content (AvgIpc) is 2.49. The lowest BCUT2D eigenvalue weighted by molar-refractivity contribution is 0.280. The van der Waals surface area contributed by atoms with Gasteiger partial charge in [0.05, 0.1) is 13.7 Å². The van der Waals surface area contributed by atoms with Crippen LogP contribution in [0, 0.1) is 11.2 Å². The van der Waals surface area contributed by atoms with Gasteiger partial charge in [-0.3, -0.25) is 5.41 Å². The third-order valence-corrected chi connectivity index (χ3v) is 2.87. The molecule has 0 spiro atoms. The van der Waals surface area contributed by atoms with Crippen LogP contribution < -0.4 is 15.2 Å². The highest BCUT2D eigenvalue weighted by molar-refractivity contribution is 5.95. The molecule has 2 rings (SSSR count). The van der Waals surface area contributed by atoms with E-state index in [0.717, 1.165) is 6.07 Å². The predicted octanol–water partition coefficient (Wildman–Crippen LogP) is 2.40. The van der Waals surface area contributed by atoms with E-state index in [1.807, 2.05) is 0 Å².